The van der Waals surface area contributed by atoms with Crippen LogP contribution in [0.4, 0.5) is 8.78 Å². The number of likely N-dealkylation sites (N-methyl/N-ethyl adjacent to an activating group) is 1. The Morgan fingerprint density at radius 2 is 2.06 bits per heavy atom. The number of thioether (sulfide) groups is 1. The number of nitrogens with one attached hydrogen (secondary N) is 1. The monoisotopic (exact) mass is 245 g/mol. The molecule has 1 aromatic rings. The highest BCUT2D eigenvalue weighted by Gasteiger charge is 2.09. The van der Waals surface area contributed by atoms with Gasteiger partial charge in [0.1, 0.15) is 0 Å². The molecule has 1 N–H and O–H groups in total. The SMILES string of the molecule is CCSCC(Cc1ccc(F)c(F)c1)NC. The number of halogens is 2. The second kappa shape index (κ2) is 6.86. The first kappa shape index (κ1) is 13.5. The fraction of sp³-hybridized carbons (Fsp3) is 0.500. The van der Waals surface area contributed by atoms with Gasteiger partial charge in [-0.05, 0) is 36.9 Å². The van der Waals surface area contributed by atoms with E-state index in [2.05, 4.69) is 12.2 Å². The van der Waals surface area contributed by atoms with E-state index in [-0.39, 0.29) is 0 Å². The molecule has 0 spiro atoms. The second-order valence-corrected chi connectivity index (χ2v) is 4.92. The molecule has 0 amide bonds. The van der Waals surface area contributed by atoms with Crippen molar-refractivity contribution in [3.05, 3.63) is 35.4 Å². The van der Waals surface area contributed by atoms with E-state index in [0.717, 1.165) is 23.5 Å². The van der Waals surface area contributed by atoms with E-state index in [1.165, 1.54) is 12.1 Å². The van der Waals surface area contributed by atoms with Gasteiger partial charge >= 0.3 is 0 Å². The molecule has 1 aromatic carbocycles. The lowest BCUT2D eigenvalue weighted by atomic mass is 10.1. The van der Waals surface area contributed by atoms with Crippen molar-refractivity contribution in [2.24, 2.45) is 0 Å². The highest BCUT2D eigenvalue weighted by atomic mass is 32.2. The topological polar surface area (TPSA) is 12.0 Å². The van der Waals surface area contributed by atoms with Crippen LogP contribution in [0.5, 0.6) is 0 Å². The van der Waals surface area contributed by atoms with Crippen LogP contribution < -0.4 is 5.32 Å². The van der Waals surface area contributed by atoms with Crippen LogP contribution in [0.1, 0.15) is 12.5 Å². The summed E-state index contributed by atoms with van der Waals surface area (Å²) in [5.74, 6) is 0.491. The Balaban J connectivity index is 2.59. The molecule has 0 fully saturated rings. The maximum Gasteiger partial charge on any atom is 0.159 e. The predicted octanol–water partition coefficient (Wildman–Crippen LogP) is 2.85. The zero-order chi connectivity index (χ0) is 12.0. The van der Waals surface area contributed by atoms with Crippen LogP contribution in [0.3, 0.4) is 0 Å². The molecular weight excluding hydrogens is 228 g/mol. The molecule has 1 nitrogen and oxygen atoms in total. The van der Waals surface area contributed by atoms with Crippen LogP contribution in [0.2, 0.25) is 0 Å². The van der Waals surface area contributed by atoms with Crippen molar-refractivity contribution < 1.29 is 8.78 Å². The molecule has 0 aliphatic carbocycles. The molecule has 16 heavy (non-hydrogen) atoms. The molecule has 4 heteroatoms. The largest absolute Gasteiger partial charge is 0.316 e. The molecule has 1 unspecified atom stereocenters. The van der Waals surface area contributed by atoms with Crippen LogP contribution in [0.25, 0.3) is 0 Å². The van der Waals surface area contributed by atoms with Crippen molar-refractivity contribution in [3.8, 4) is 0 Å². The van der Waals surface area contributed by atoms with Gasteiger partial charge in [0, 0.05) is 11.8 Å². The quantitative estimate of drug-likeness (QED) is 0.827. The Bertz CT molecular complexity index is 331. The summed E-state index contributed by atoms with van der Waals surface area (Å²) in [6.07, 6.45) is 0.723. The highest BCUT2D eigenvalue weighted by Crippen LogP contribution is 2.12. The number of rotatable bonds is 6. The molecule has 0 bridgehead atoms. The van der Waals surface area contributed by atoms with E-state index in [9.17, 15) is 8.78 Å². The van der Waals surface area contributed by atoms with Gasteiger partial charge in [-0.1, -0.05) is 13.0 Å². The lowest BCUT2D eigenvalue weighted by Gasteiger charge is -2.15. The molecule has 0 aliphatic heterocycles. The summed E-state index contributed by atoms with van der Waals surface area (Å²) in [4.78, 5) is 0. The molecule has 1 rings (SSSR count). The normalized spacial score (nSPS) is 12.8. The first-order valence-corrected chi connectivity index (χ1v) is 6.51. The third kappa shape index (κ3) is 4.10. The van der Waals surface area contributed by atoms with Crippen LogP contribution in [-0.4, -0.2) is 24.6 Å². The summed E-state index contributed by atoms with van der Waals surface area (Å²) in [5, 5.41) is 3.18. The van der Waals surface area contributed by atoms with Crippen LogP contribution in [0, 0.1) is 11.6 Å². The Hall–Kier alpha value is -0.610. The summed E-state index contributed by atoms with van der Waals surface area (Å²) in [5.41, 5.74) is 0.829. The predicted molar refractivity (Wildman–Crippen MR) is 65.9 cm³/mol. The van der Waals surface area contributed by atoms with Crippen molar-refractivity contribution in [3.63, 3.8) is 0 Å². The molecule has 0 aliphatic rings. The van der Waals surface area contributed by atoms with Gasteiger partial charge < -0.3 is 5.32 Å². The molecule has 0 saturated carbocycles. The van der Waals surface area contributed by atoms with Crippen LogP contribution in [0.15, 0.2) is 18.2 Å². The maximum absolute atomic E-state index is 13.0. The fourth-order valence-corrected chi connectivity index (χ4v) is 2.26. The standard InChI is InChI=1S/C12H17F2NS/c1-3-16-8-10(15-2)6-9-4-5-11(13)12(14)7-9/h4-5,7,10,15H,3,6,8H2,1-2H3. The Morgan fingerprint density at radius 1 is 1.31 bits per heavy atom. The second-order valence-electron chi connectivity index (χ2n) is 3.60. The average molecular weight is 245 g/mol. The van der Waals surface area contributed by atoms with Gasteiger partial charge in [0.2, 0.25) is 0 Å². The third-order valence-corrected chi connectivity index (χ3v) is 3.44. The molecule has 90 valence electrons. The van der Waals surface area contributed by atoms with Crippen molar-refractivity contribution in [1.82, 2.24) is 5.32 Å². The first-order chi connectivity index (χ1) is 7.67. The summed E-state index contributed by atoms with van der Waals surface area (Å²) >= 11 is 1.84. The van der Waals surface area contributed by atoms with E-state index in [4.69, 9.17) is 0 Å². The van der Waals surface area contributed by atoms with Gasteiger partial charge in [-0.2, -0.15) is 11.8 Å². The Kier molecular flexibility index (Phi) is 5.77. The fourth-order valence-electron chi connectivity index (χ4n) is 1.46. The van der Waals surface area contributed by atoms with Crippen LogP contribution >= 0.6 is 11.8 Å². The molecule has 0 saturated heterocycles. The Morgan fingerprint density at radius 3 is 2.62 bits per heavy atom. The number of hydrogen-bond donors (Lipinski definition) is 1. The lowest BCUT2D eigenvalue weighted by Crippen LogP contribution is -2.30. The van der Waals surface area contributed by atoms with Crippen molar-refractivity contribution in [2.75, 3.05) is 18.6 Å². The zero-order valence-corrected chi connectivity index (χ0v) is 10.4. The van der Waals surface area contributed by atoms with E-state index < -0.39 is 11.6 Å². The molecule has 1 atom stereocenters. The van der Waals surface area contributed by atoms with E-state index in [0.29, 0.717) is 6.04 Å². The van der Waals surface area contributed by atoms with Crippen LogP contribution in [-0.2, 0) is 6.42 Å². The van der Waals surface area contributed by atoms with Gasteiger partial charge in [0.25, 0.3) is 0 Å². The first-order valence-electron chi connectivity index (χ1n) is 5.36. The summed E-state index contributed by atoms with van der Waals surface area (Å²) in [6, 6.07) is 4.40. The smallest absolute Gasteiger partial charge is 0.159 e. The summed E-state index contributed by atoms with van der Waals surface area (Å²) in [6.45, 7) is 2.11. The van der Waals surface area contributed by atoms with Gasteiger partial charge in [-0.3, -0.25) is 0 Å². The third-order valence-electron chi connectivity index (χ3n) is 2.40. The molecule has 0 aromatic heterocycles. The lowest BCUT2D eigenvalue weighted by molar-refractivity contribution is 0.505. The number of benzene rings is 1. The molecule has 0 heterocycles. The highest BCUT2D eigenvalue weighted by molar-refractivity contribution is 7.99. The zero-order valence-electron chi connectivity index (χ0n) is 9.59. The minimum absolute atomic E-state index is 0.301. The van der Waals surface area contributed by atoms with Gasteiger partial charge in [0.15, 0.2) is 11.6 Å². The molecule has 0 radical (unpaired) electrons. The summed E-state index contributed by atoms with van der Waals surface area (Å²) < 4.78 is 25.7. The van der Waals surface area contributed by atoms with Gasteiger partial charge in [0.05, 0.1) is 0 Å². The number of hydrogen-bond acceptors (Lipinski definition) is 2. The minimum atomic E-state index is -0.785. The van der Waals surface area contributed by atoms with Crippen molar-refractivity contribution in [2.45, 2.75) is 19.4 Å². The molecular formula is C12H17F2NS. The maximum atomic E-state index is 13.0. The van der Waals surface area contributed by atoms with Gasteiger partial charge in [-0.25, -0.2) is 8.78 Å². The summed E-state index contributed by atoms with van der Waals surface area (Å²) in [7, 11) is 1.89. The minimum Gasteiger partial charge on any atom is -0.316 e. The van der Waals surface area contributed by atoms with E-state index in [1.54, 1.807) is 6.07 Å². The van der Waals surface area contributed by atoms with Gasteiger partial charge in [-0.15, -0.1) is 0 Å². The van der Waals surface area contributed by atoms with Crippen molar-refractivity contribution in [1.29, 1.82) is 0 Å². The van der Waals surface area contributed by atoms with E-state index in [1.807, 2.05) is 18.8 Å². The average Bonchev–Trinajstić information content (AvgIpc) is 2.29. The Labute approximate surface area is 99.6 Å². The van der Waals surface area contributed by atoms with E-state index >= 15 is 0 Å². The van der Waals surface area contributed by atoms with Crippen molar-refractivity contribution >= 4 is 11.8 Å².